The predicted molar refractivity (Wildman–Crippen MR) is 94.1 cm³/mol. The van der Waals surface area contributed by atoms with E-state index >= 15 is 0 Å². The Hall–Kier alpha value is -1.08. The number of carbonyl (C=O) groups is 2. The quantitative estimate of drug-likeness (QED) is 0.560. The first-order valence-corrected chi connectivity index (χ1v) is 8.89. The number of methoxy groups -OCH3 is 1. The fourth-order valence-corrected chi connectivity index (χ4v) is 3.39. The summed E-state index contributed by atoms with van der Waals surface area (Å²) in [4.78, 5) is 24.3. The molecule has 0 aliphatic heterocycles. The molecule has 0 saturated carbocycles. The Morgan fingerprint density at radius 3 is 2.35 bits per heavy atom. The van der Waals surface area contributed by atoms with Crippen LogP contribution < -0.4 is 5.32 Å². The number of carbonyl (C=O) groups excluding carboxylic acids is 2. The van der Waals surface area contributed by atoms with Crippen LogP contribution in [0, 0.1) is 17.7 Å². The molecule has 128 valence electrons. The molecule has 1 aromatic carbocycles. The zero-order chi connectivity index (χ0) is 17.7. The first-order chi connectivity index (χ1) is 10.7. The average molecular weight is 406 g/mol. The lowest BCUT2D eigenvalue weighted by atomic mass is 10.1. The molecule has 1 atom stereocenters. The van der Waals surface area contributed by atoms with Crippen LogP contribution in [0.3, 0.4) is 0 Å². The summed E-state index contributed by atoms with van der Waals surface area (Å²) in [5.41, 5.74) is 0.0989. The number of anilines is 1. The smallest absolute Gasteiger partial charge is 0.319 e. The van der Waals surface area contributed by atoms with E-state index in [-0.39, 0.29) is 29.4 Å². The summed E-state index contributed by atoms with van der Waals surface area (Å²) in [6, 6.07) is 2.82. The first-order valence-electron chi connectivity index (χ1n) is 7.21. The Balaban J connectivity index is 3.11. The first kappa shape index (κ1) is 20.0. The van der Waals surface area contributed by atoms with Crippen molar-refractivity contribution in [3.8, 4) is 0 Å². The van der Waals surface area contributed by atoms with E-state index in [0.29, 0.717) is 9.37 Å². The van der Waals surface area contributed by atoms with Gasteiger partial charge < -0.3 is 10.1 Å². The van der Waals surface area contributed by atoms with E-state index in [1.165, 1.54) is 31.0 Å². The van der Waals surface area contributed by atoms with Gasteiger partial charge in [-0.15, -0.1) is 11.8 Å². The fraction of sp³-hybridized carbons (Fsp3) is 0.500. The van der Waals surface area contributed by atoms with Gasteiger partial charge in [0.15, 0.2) is 0 Å². The van der Waals surface area contributed by atoms with Crippen molar-refractivity contribution in [2.45, 2.75) is 37.8 Å². The largest absolute Gasteiger partial charge is 0.468 e. The molecular weight excluding hydrogens is 385 g/mol. The number of hydrogen-bond donors (Lipinski definition) is 1. The van der Waals surface area contributed by atoms with E-state index in [4.69, 9.17) is 4.74 Å². The molecule has 4 nitrogen and oxygen atoms in total. The van der Waals surface area contributed by atoms with Gasteiger partial charge in [-0.25, -0.2) is 4.39 Å². The summed E-state index contributed by atoms with van der Waals surface area (Å²) in [5.74, 6) is -1.36. The van der Waals surface area contributed by atoms with Crippen LogP contribution in [0.4, 0.5) is 10.1 Å². The highest BCUT2D eigenvalue weighted by Gasteiger charge is 2.26. The highest BCUT2D eigenvalue weighted by Crippen LogP contribution is 2.37. The molecule has 0 spiro atoms. The van der Waals surface area contributed by atoms with Crippen molar-refractivity contribution in [2.24, 2.45) is 11.8 Å². The number of rotatable bonds is 6. The van der Waals surface area contributed by atoms with Crippen LogP contribution in [-0.4, -0.2) is 24.2 Å². The van der Waals surface area contributed by atoms with Crippen LogP contribution in [-0.2, 0) is 14.3 Å². The monoisotopic (exact) mass is 405 g/mol. The predicted octanol–water partition coefficient (Wildman–Crippen LogP) is 4.47. The molecule has 0 fully saturated rings. The topological polar surface area (TPSA) is 55.4 Å². The molecule has 0 heterocycles. The molecule has 7 heteroatoms. The minimum atomic E-state index is -0.533. The van der Waals surface area contributed by atoms with E-state index < -0.39 is 11.1 Å². The third kappa shape index (κ3) is 5.49. The van der Waals surface area contributed by atoms with E-state index in [9.17, 15) is 14.0 Å². The number of thioether (sulfide) groups is 1. The Bertz CT molecular complexity index is 593. The normalized spacial score (nSPS) is 12.4. The molecule has 1 amide bonds. The van der Waals surface area contributed by atoms with Gasteiger partial charge in [0, 0.05) is 15.3 Å². The second-order valence-corrected chi connectivity index (χ2v) is 7.75. The van der Waals surface area contributed by atoms with E-state index in [0.717, 1.165) is 0 Å². The molecule has 0 aromatic heterocycles. The zero-order valence-electron chi connectivity index (χ0n) is 13.8. The second kappa shape index (κ2) is 8.68. The Morgan fingerprint density at radius 2 is 1.87 bits per heavy atom. The van der Waals surface area contributed by atoms with Gasteiger partial charge in [-0.05, 0) is 34.0 Å². The van der Waals surface area contributed by atoms with Crippen LogP contribution in [0.1, 0.15) is 27.7 Å². The molecule has 1 aromatic rings. The van der Waals surface area contributed by atoms with Crippen LogP contribution >= 0.6 is 27.7 Å². The molecule has 23 heavy (non-hydrogen) atoms. The molecule has 0 aliphatic rings. The highest BCUT2D eigenvalue weighted by molar-refractivity contribution is 9.10. The van der Waals surface area contributed by atoms with Crippen molar-refractivity contribution in [3.05, 3.63) is 22.4 Å². The van der Waals surface area contributed by atoms with Gasteiger partial charge in [0.1, 0.15) is 11.1 Å². The molecular formula is C16H21BrFNO3S. The number of hydrogen-bond acceptors (Lipinski definition) is 4. The molecule has 0 saturated heterocycles. The van der Waals surface area contributed by atoms with Crippen LogP contribution in [0.15, 0.2) is 21.5 Å². The lowest BCUT2D eigenvalue weighted by Gasteiger charge is -2.19. The number of esters is 1. The zero-order valence-corrected chi connectivity index (χ0v) is 16.2. The van der Waals surface area contributed by atoms with E-state index in [1.807, 2.05) is 13.8 Å². The van der Waals surface area contributed by atoms with Crippen molar-refractivity contribution in [3.63, 3.8) is 0 Å². The molecule has 0 aliphatic carbocycles. The van der Waals surface area contributed by atoms with Crippen molar-refractivity contribution >= 4 is 45.3 Å². The number of amides is 1. The van der Waals surface area contributed by atoms with Gasteiger partial charge in [0.05, 0.1) is 12.8 Å². The fourth-order valence-electron chi connectivity index (χ4n) is 1.70. The highest BCUT2D eigenvalue weighted by atomic mass is 79.9. The van der Waals surface area contributed by atoms with Gasteiger partial charge in [0.25, 0.3) is 0 Å². The van der Waals surface area contributed by atoms with E-state index in [1.54, 1.807) is 13.8 Å². The summed E-state index contributed by atoms with van der Waals surface area (Å²) >= 11 is 4.57. The summed E-state index contributed by atoms with van der Waals surface area (Å²) in [6.07, 6.45) is 0. The molecule has 1 rings (SSSR count). The van der Waals surface area contributed by atoms with Gasteiger partial charge in [0.2, 0.25) is 5.91 Å². The summed E-state index contributed by atoms with van der Waals surface area (Å²) in [7, 11) is 1.34. The maximum absolute atomic E-state index is 14.0. The van der Waals surface area contributed by atoms with E-state index in [2.05, 4.69) is 21.2 Å². The third-order valence-electron chi connectivity index (χ3n) is 3.10. The maximum atomic E-state index is 14.0. The number of ether oxygens (including phenoxy) is 1. The Morgan fingerprint density at radius 1 is 1.26 bits per heavy atom. The van der Waals surface area contributed by atoms with Crippen LogP contribution in [0.25, 0.3) is 0 Å². The van der Waals surface area contributed by atoms with Gasteiger partial charge in [-0.1, -0.05) is 27.7 Å². The number of nitrogens with one attached hydrogen (secondary N) is 1. The van der Waals surface area contributed by atoms with Crippen molar-refractivity contribution in [1.29, 1.82) is 0 Å². The maximum Gasteiger partial charge on any atom is 0.319 e. The number of halogens is 2. The van der Waals surface area contributed by atoms with Crippen LogP contribution in [0.5, 0.6) is 0 Å². The lowest BCUT2D eigenvalue weighted by Crippen LogP contribution is -2.24. The third-order valence-corrected chi connectivity index (χ3v) is 5.60. The minimum absolute atomic E-state index is 0.0399. The van der Waals surface area contributed by atoms with Crippen molar-refractivity contribution in [2.75, 3.05) is 12.4 Å². The summed E-state index contributed by atoms with van der Waals surface area (Å²) in [6.45, 7) is 7.28. The molecule has 1 unspecified atom stereocenters. The summed E-state index contributed by atoms with van der Waals surface area (Å²) < 4.78 is 19.4. The van der Waals surface area contributed by atoms with Gasteiger partial charge in [-0.3, -0.25) is 9.59 Å². The van der Waals surface area contributed by atoms with Gasteiger partial charge in [-0.2, -0.15) is 0 Å². The molecule has 1 N–H and O–H groups in total. The Labute approximate surface area is 148 Å². The van der Waals surface area contributed by atoms with Gasteiger partial charge >= 0.3 is 5.97 Å². The van der Waals surface area contributed by atoms with Crippen molar-refractivity contribution < 1.29 is 18.7 Å². The number of benzene rings is 1. The SMILES string of the molecule is COC(=O)C(Sc1cc(NC(=O)C(C)C)c(F)cc1Br)C(C)C. The average Bonchev–Trinajstić information content (AvgIpc) is 2.47. The standard InChI is InChI=1S/C16H21BrFNO3S/c1-8(2)14(16(21)22-5)23-13-7-12(11(18)6-10(13)17)19-15(20)9(3)4/h6-9,14H,1-5H3,(H,19,20). The molecule has 0 radical (unpaired) electrons. The Kier molecular flexibility index (Phi) is 7.54. The van der Waals surface area contributed by atoms with Crippen molar-refractivity contribution in [1.82, 2.24) is 0 Å². The van der Waals surface area contributed by atoms with Crippen LogP contribution in [0.2, 0.25) is 0 Å². The minimum Gasteiger partial charge on any atom is -0.468 e. The summed E-state index contributed by atoms with van der Waals surface area (Å²) in [5, 5.41) is 2.14. The molecule has 0 bridgehead atoms. The second-order valence-electron chi connectivity index (χ2n) is 5.71. The lowest BCUT2D eigenvalue weighted by molar-refractivity contribution is -0.140.